The molecule has 1 N–H and O–H groups in total. The summed E-state index contributed by atoms with van der Waals surface area (Å²) < 4.78 is 36.1. The van der Waals surface area contributed by atoms with Crippen molar-refractivity contribution in [2.75, 3.05) is 11.6 Å². The van der Waals surface area contributed by atoms with Gasteiger partial charge in [-0.05, 0) is 42.3 Å². The maximum atomic E-state index is 13.2. The van der Waals surface area contributed by atoms with Crippen molar-refractivity contribution in [2.24, 2.45) is 0 Å². The Kier molecular flexibility index (Phi) is 4.09. The van der Waals surface area contributed by atoms with E-state index in [1.165, 1.54) is 12.3 Å². The van der Waals surface area contributed by atoms with Gasteiger partial charge in [0.25, 0.3) is 0 Å². The van der Waals surface area contributed by atoms with E-state index in [-0.39, 0.29) is 10.7 Å². The molecule has 0 aliphatic rings. The van der Waals surface area contributed by atoms with E-state index in [1.54, 1.807) is 43.3 Å². The van der Waals surface area contributed by atoms with Crippen LogP contribution in [0.1, 0.15) is 11.1 Å². The molecule has 0 amide bonds. The minimum atomic E-state index is -3.21. The van der Waals surface area contributed by atoms with Crippen LogP contribution in [0.15, 0.2) is 47.4 Å². The van der Waals surface area contributed by atoms with E-state index in [0.29, 0.717) is 12.1 Å². The van der Waals surface area contributed by atoms with Crippen LogP contribution in [0.25, 0.3) is 0 Å². The van der Waals surface area contributed by atoms with Crippen LogP contribution in [-0.4, -0.2) is 14.7 Å². The molecule has 0 saturated carbocycles. The Balaban J connectivity index is 2.13. The normalized spacial score (nSPS) is 11.3. The molecule has 0 atom stereocenters. The molecule has 0 unspecified atom stereocenters. The lowest BCUT2D eigenvalue weighted by molar-refractivity contribution is 0.602. The number of halogens is 1. The first-order valence-electron chi connectivity index (χ1n) is 6.15. The zero-order valence-electron chi connectivity index (χ0n) is 11.4. The first kappa shape index (κ1) is 14.5. The fourth-order valence-corrected chi connectivity index (χ4v) is 2.52. The van der Waals surface area contributed by atoms with Gasteiger partial charge in [0.2, 0.25) is 0 Å². The van der Waals surface area contributed by atoms with Crippen molar-refractivity contribution >= 4 is 15.5 Å². The number of anilines is 1. The second kappa shape index (κ2) is 5.63. The number of aryl methyl sites for hydroxylation is 1. The van der Waals surface area contributed by atoms with Gasteiger partial charge in [-0.25, -0.2) is 12.8 Å². The molecule has 0 spiro atoms. The SMILES string of the molecule is Cc1cc(CNc2cccc(S(C)(=O)=O)c2)ccc1F. The lowest BCUT2D eigenvalue weighted by atomic mass is 10.1. The number of rotatable bonds is 4. The van der Waals surface area contributed by atoms with Crippen molar-refractivity contribution in [1.82, 2.24) is 0 Å². The molecule has 106 valence electrons. The van der Waals surface area contributed by atoms with Crippen LogP contribution >= 0.6 is 0 Å². The van der Waals surface area contributed by atoms with Crippen LogP contribution in [0.3, 0.4) is 0 Å². The van der Waals surface area contributed by atoms with Crippen LogP contribution in [0.4, 0.5) is 10.1 Å². The average molecular weight is 293 g/mol. The van der Waals surface area contributed by atoms with Crippen molar-refractivity contribution in [3.63, 3.8) is 0 Å². The van der Waals surface area contributed by atoms with E-state index in [4.69, 9.17) is 0 Å². The van der Waals surface area contributed by atoms with Gasteiger partial charge < -0.3 is 5.32 Å². The van der Waals surface area contributed by atoms with E-state index < -0.39 is 9.84 Å². The summed E-state index contributed by atoms with van der Waals surface area (Å²) in [6.07, 6.45) is 1.18. The molecule has 0 bridgehead atoms. The summed E-state index contributed by atoms with van der Waals surface area (Å²) in [5.74, 6) is -0.229. The molecule has 0 aliphatic carbocycles. The highest BCUT2D eigenvalue weighted by atomic mass is 32.2. The minimum absolute atomic E-state index is 0.229. The summed E-state index contributed by atoms with van der Waals surface area (Å²) in [6.45, 7) is 2.22. The molecular formula is C15H16FNO2S. The topological polar surface area (TPSA) is 46.2 Å². The third-order valence-corrected chi connectivity index (χ3v) is 4.09. The van der Waals surface area contributed by atoms with E-state index in [0.717, 1.165) is 11.3 Å². The largest absolute Gasteiger partial charge is 0.381 e. The Bertz CT molecular complexity index is 726. The minimum Gasteiger partial charge on any atom is -0.381 e. The van der Waals surface area contributed by atoms with Crippen molar-refractivity contribution in [3.05, 3.63) is 59.4 Å². The van der Waals surface area contributed by atoms with Crippen LogP contribution in [0.2, 0.25) is 0 Å². The van der Waals surface area contributed by atoms with Gasteiger partial charge in [-0.2, -0.15) is 0 Å². The molecule has 20 heavy (non-hydrogen) atoms. The van der Waals surface area contributed by atoms with Crippen LogP contribution < -0.4 is 5.32 Å². The van der Waals surface area contributed by atoms with E-state index in [9.17, 15) is 12.8 Å². The van der Waals surface area contributed by atoms with Gasteiger partial charge in [-0.3, -0.25) is 0 Å². The number of benzene rings is 2. The zero-order valence-corrected chi connectivity index (χ0v) is 12.2. The van der Waals surface area contributed by atoms with E-state index in [1.807, 2.05) is 0 Å². The highest BCUT2D eigenvalue weighted by Crippen LogP contribution is 2.17. The number of nitrogens with one attached hydrogen (secondary N) is 1. The van der Waals surface area contributed by atoms with Crippen molar-refractivity contribution in [2.45, 2.75) is 18.4 Å². The molecule has 0 aliphatic heterocycles. The molecule has 0 radical (unpaired) electrons. The second-order valence-electron chi connectivity index (χ2n) is 4.74. The molecular weight excluding hydrogens is 277 g/mol. The molecule has 0 fully saturated rings. The molecule has 0 saturated heterocycles. The Labute approximate surface area is 118 Å². The monoisotopic (exact) mass is 293 g/mol. The Hall–Kier alpha value is -1.88. The molecule has 2 rings (SSSR count). The summed E-state index contributed by atoms with van der Waals surface area (Å²) in [6, 6.07) is 11.5. The summed E-state index contributed by atoms with van der Waals surface area (Å²) in [4.78, 5) is 0.276. The van der Waals surface area contributed by atoms with E-state index >= 15 is 0 Å². The second-order valence-corrected chi connectivity index (χ2v) is 6.75. The van der Waals surface area contributed by atoms with Gasteiger partial charge >= 0.3 is 0 Å². The van der Waals surface area contributed by atoms with E-state index in [2.05, 4.69) is 5.32 Å². The Morgan fingerprint density at radius 2 is 1.90 bits per heavy atom. The summed E-state index contributed by atoms with van der Waals surface area (Å²) in [7, 11) is -3.21. The highest BCUT2D eigenvalue weighted by Gasteiger charge is 2.07. The van der Waals surface area contributed by atoms with Gasteiger partial charge in [0, 0.05) is 18.5 Å². The molecule has 0 heterocycles. The van der Waals surface area contributed by atoms with Crippen molar-refractivity contribution in [3.8, 4) is 0 Å². The fraction of sp³-hybridized carbons (Fsp3) is 0.200. The van der Waals surface area contributed by atoms with Crippen molar-refractivity contribution < 1.29 is 12.8 Å². The fourth-order valence-electron chi connectivity index (χ4n) is 1.86. The lowest BCUT2D eigenvalue weighted by Gasteiger charge is -2.09. The molecule has 3 nitrogen and oxygen atoms in total. The zero-order chi connectivity index (χ0) is 14.8. The van der Waals surface area contributed by atoms with Gasteiger partial charge in [0.1, 0.15) is 5.82 Å². The van der Waals surface area contributed by atoms with Crippen LogP contribution in [0.5, 0.6) is 0 Å². The first-order valence-corrected chi connectivity index (χ1v) is 8.04. The Morgan fingerprint density at radius 1 is 1.15 bits per heavy atom. The van der Waals surface area contributed by atoms with Gasteiger partial charge in [-0.1, -0.05) is 18.2 Å². The number of hydrogen-bond donors (Lipinski definition) is 1. The van der Waals surface area contributed by atoms with Gasteiger partial charge in [0.15, 0.2) is 9.84 Å². The Morgan fingerprint density at radius 3 is 2.55 bits per heavy atom. The maximum absolute atomic E-state index is 13.2. The summed E-state index contributed by atoms with van der Waals surface area (Å²) in [5.41, 5.74) is 2.25. The van der Waals surface area contributed by atoms with Gasteiger partial charge in [-0.15, -0.1) is 0 Å². The first-order chi connectivity index (χ1) is 9.36. The summed E-state index contributed by atoms with van der Waals surface area (Å²) in [5, 5.41) is 3.13. The third kappa shape index (κ3) is 3.57. The molecule has 2 aromatic carbocycles. The maximum Gasteiger partial charge on any atom is 0.175 e. The molecule has 2 aromatic rings. The quantitative estimate of drug-likeness (QED) is 0.942. The summed E-state index contributed by atoms with van der Waals surface area (Å²) >= 11 is 0. The average Bonchev–Trinajstić information content (AvgIpc) is 2.39. The third-order valence-electron chi connectivity index (χ3n) is 2.98. The highest BCUT2D eigenvalue weighted by molar-refractivity contribution is 7.90. The van der Waals surface area contributed by atoms with Crippen LogP contribution in [0, 0.1) is 12.7 Å². The standard InChI is InChI=1S/C15H16FNO2S/c1-11-8-12(6-7-15(11)16)10-17-13-4-3-5-14(9-13)20(2,18)19/h3-9,17H,10H2,1-2H3. The van der Waals surface area contributed by atoms with Gasteiger partial charge in [0.05, 0.1) is 4.90 Å². The smallest absolute Gasteiger partial charge is 0.175 e. The van der Waals surface area contributed by atoms with Crippen LogP contribution in [-0.2, 0) is 16.4 Å². The number of sulfone groups is 1. The predicted molar refractivity (Wildman–Crippen MR) is 78.0 cm³/mol. The predicted octanol–water partition coefficient (Wildman–Crippen LogP) is 3.15. The lowest BCUT2D eigenvalue weighted by Crippen LogP contribution is -2.02. The number of hydrogen-bond acceptors (Lipinski definition) is 3. The van der Waals surface area contributed by atoms with Crippen molar-refractivity contribution in [1.29, 1.82) is 0 Å². The molecule has 0 aromatic heterocycles. The molecule has 5 heteroatoms.